The lowest BCUT2D eigenvalue weighted by molar-refractivity contribution is 0.749. The molecule has 60 valence electrons. The van der Waals surface area contributed by atoms with E-state index in [1.54, 1.807) is 0 Å². The van der Waals surface area contributed by atoms with Gasteiger partial charge < -0.3 is 5.32 Å². The van der Waals surface area contributed by atoms with Crippen molar-refractivity contribution < 1.29 is 0 Å². The van der Waals surface area contributed by atoms with Crippen molar-refractivity contribution in [1.82, 2.24) is 5.32 Å². The van der Waals surface area contributed by atoms with Crippen LogP contribution in [0.1, 0.15) is 19.8 Å². The Balaban J connectivity index is 2.61. The van der Waals surface area contributed by atoms with Gasteiger partial charge in [-0.2, -0.15) is 0 Å². The second-order valence-electron chi connectivity index (χ2n) is 2.88. The van der Waals surface area contributed by atoms with Crippen molar-refractivity contribution in [3.63, 3.8) is 0 Å². The summed E-state index contributed by atoms with van der Waals surface area (Å²) >= 11 is 0. The summed E-state index contributed by atoms with van der Waals surface area (Å²) in [6.07, 6.45) is 8.74. The molecule has 0 saturated heterocycles. The molecule has 0 radical (unpaired) electrons. The Morgan fingerprint density at radius 1 is 1.45 bits per heavy atom. The van der Waals surface area contributed by atoms with Crippen molar-refractivity contribution in [2.45, 2.75) is 19.8 Å². The molecule has 0 aromatic carbocycles. The van der Waals surface area contributed by atoms with Gasteiger partial charge in [0.25, 0.3) is 0 Å². The standard InChI is InChI=1S/C10H15N/c1-9-5-3-4-8-11-10(2)7-6-9/h5-7,11H,2-4,8H2,1H3/b7-6-,9-5-. The number of hydrogen-bond donors (Lipinski definition) is 1. The minimum absolute atomic E-state index is 1.01. The fourth-order valence-electron chi connectivity index (χ4n) is 1.04. The van der Waals surface area contributed by atoms with Crippen LogP contribution >= 0.6 is 0 Å². The van der Waals surface area contributed by atoms with E-state index in [2.05, 4.69) is 31.0 Å². The quantitative estimate of drug-likeness (QED) is 0.557. The molecule has 0 aromatic rings. The van der Waals surface area contributed by atoms with E-state index in [4.69, 9.17) is 0 Å². The lowest BCUT2D eigenvalue weighted by Crippen LogP contribution is -2.11. The average molecular weight is 149 g/mol. The summed E-state index contributed by atoms with van der Waals surface area (Å²) in [6.45, 7) is 7.02. The zero-order valence-corrected chi connectivity index (χ0v) is 7.06. The summed E-state index contributed by atoms with van der Waals surface area (Å²) < 4.78 is 0. The fourth-order valence-corrected chi connectivity index (χ4v) is 1.04. The van der Waals surface area contributed by atoms with Crippen LogP contribution in [0.2, 0.25) is 0 Å². The molecular weight excluding hydrogens is 134 g/mol. The van der Waals surface area contributed by atoms with Crippen LogP contribution in [0.15, 0.2) is 36.1 Å². The molecule has 0 aromatic heterocycles. The van der Waals surface area contributed by atoms with Crippen LogP contribution in [0.3, 0.4) is 0 Å². The highest BCUT2D eigenvalue weighted by molar-refractivity contribution is 5.24. The van der Waals surface area contributed by atoms with Gasteiger partial charge in [-0.1, -0.05) is 24.3 Å². The SMILES string of the molecule is C=C1/C=C\C(C)=C/CCCN1. The summed E-state index contributed by atoms with van der Waals surface area (Å²) in [6, 6.07) is 0. The predicted molar refractivity (Wildman–Crippen MR) is 49.3 cm³/mol. The maximum absolute atomic E-state index is 3.87. The molecule has 1 nitrogen and oxygen atoms in total. The lowest BCUT2D eigenvalue weighted by Gasteiger charge is -2.01. The van der Waals surface area contributed by atoms with Crippen LogP contribution in [0.4, 0.5) is 0 Å². The average Bonchev–Trinajstić information content (AvgIpc) is 2.06. The zero-order valence-electron chi connectivity index (χ0n) is 7.06. The Hall–Kier alpha value is -0.980. The molecule has 1 heterocycles. The van der Waals surface area contributed by atoms with Crippen LogP contribution in [-0.4, -0.2) is 6.54 Å². The van der Waals surface area contributed by atoms with Gasteiger partial charge in [0.15, 0.2) is 0 Å². The van der Waals surface area contributed by atoms with Gasteiger partial charge in [0, 0.05) is 12.2 Å². The highest BCUT2D eigenvalue weighted by Crippen LogP contribution is 2.04. The molecule has 0 unspecified atom stereocenters. The van der Waals surface area contributed by atoms with E-state index in [0.717, 1.165) is 18.7 Å². The molecule has 0 spiro atoms. The highest BCUT2D eigenvalue weighted by atomic mass is 14.9. The normalized spacial score (nSPS) is 27.0. The third kappa shape index (κ3) is 3.08. The number of rotatable bonds is 0. The second-order valence-corrected chi connectivity index (χ2v) is 2.88. The van der Waals surface area contributed by atoms with E-state index < -0.39 is 0 Å². The number of hydrogen-bond acceptors (Lipinski definition) is 1. The minimum atomic E-state index is 1.01. The molecule has 1 heteroatoms. The summed E-state index contributed by atoms with van der Waals surface area (Å²) in [5.74, 6) is 0. The molecule has 1 aliphatic rings. The van der Waals surface area contributed by atoms with Crippen LogP contribution in [0.5, 0.6) is 0 Å². The predicted octanol–water partition coefficient (Wildman–Crippen LogP) is 2.39. The van der Waals surface area contributed by atoms with Gasteiger partial charge in [-0.05, 0) is 25.8 Å². The highest BCUT2D eigenvalue weighted by Gasteiger charge is 1.91. The van der Waals surface area contributed by atoms with Crippen LogP contribution < -0.4 is 5.32 Å². The molecular formula is C10H15N. The van der Waals surface area contributed by atoms with E-state index >= 15 is 0 Å². The number of allylic oxidation sites excluding steroid dienone is 4. The third-order valence-electron chi connectivity index (χ3n) is 1.75. The Morgan fingerprint density at radius 3 is 3.09 bits per heavy atom. The van der Waals surface area contributed by atoms with E-state index in [0.29, 0.717) is 0 Å². The molecule has 0 amide bonds. The van der Waals surface area contributed by atoms with Crippen molar-refractivity contribution in [1.29, 1.82) is 0 Å². The van der Waals surface area contributed by atoms with Crippen molar-refractivity contribution in [3.8, 4) is 0 Å². The van der Waals surface area contributed by atoms with E-state index in [-0.39, 0.29) is 0 Å². The molecule has 0 atom stereocenters. The smallest absolute Gasteiger partial charge is 0.0267 e. The van der Waals surface area contributed by atoms with Gasteiger partial charge in [0.1, 0.15) is 0 Å². The Kier molecular flexibility index (Phi) is 2.96. The summed E-state index contributed by atoms with van der Waals surface area (Å²) in [4.78, 5) is 0. The minimum Gasteiger partial charge on any atom is -0.386 e. The molecule has 1 rings (SSSR count). The van der Waals surface area contributed by atoms with Crippen LogP contribution in [-0.2, 0) is 0 Å². The maximum Gasteiger partial charge on any atom is 0.0267 e. The Labute approximate surface area is 68.5 Å². The van der Waals surface area contributed by atoms with Crippen molar-refractivity contribution in [2.24, 2.45) is 0 Å². The molecule has 0 fully saturated rings. The lowest BCUT2D eigenvalue weighted by atomic mass is 10.2. The molecule has 11 heavy (non-hydrogen) atoms. The first-order valence-electron chi connectivity index (χ1n) is 4.06. The molecule has 0 aliphatic carbocycles. The van der Waals surface area contributed by atoms with E-state index in [9.17, 15) is 0 Å². The van der Waals surface area contributed by atoms with Crippen molar-refractivity contribution >= 4 is 0 Å². The van der Waals surface area contributed by atoms with Crippen molar-refractivity contribution in [2.75, 3.05) is 6.54 Å². The first-order valence-corrected chi connectivity index (χ1v) is 4.06. The summed E-state index contributed by atoms with van der Waals surface area (Å²) in [5.41, 5.74) is 2.34. The Morgan fingerprint density at radius 2 is 2.27 bits per heavy atom. The first kappa shape index (κ1) is 8.12. The van der Waals surface area contributed by atoms with Gasteiger partial charge in [-0.25, -0.2) is 0 Å². The summed E-state index contributed by atoms with van der Waals surface area (Å²) in [7, 11) is 0. The van der Waals surface area contributed by atoms with Crippen molar-refractivity contribution in [3.05, 3.63) is 36.1 Å². The maximum atomic E-state index is 3.87. The van der Waals surface area contributed by atoms with Gasteiger partial charge in [-0.15, -0.1) is 0 Å². The van der Waals surface area contributed by atoms with Crippen LogP contribution in [0, 0.1) is 0 Å². The third-order valence-corrected chi connectivity index (χ3v) is 1.75. The van der Waals surface area contributed by atoms with Gasteiger partial charge >= 0.3 is 0 Å². The van der Waals surface area contributed by atoms with E-state index in [1.165, 1.54) is 12.0 Å². The fraction of sp³-hybridized carbons (Fsp3) is 0.400. The number of nitrogens with one attached hydrogen (secondary N) is 1. The largest absolute Gasteiger partial charge is 0.386 e. The molecule has 0 bridgehead atoms. The first-order chi connectivity index (χ1) is 5.29. The topological polar surface area (TPSA) is 12.0 Å². The van der Waals surface area contributed by atoms with Gasteiger partial charge in [0.05, 0.1) is 0 Å². The molecule has 1 N–H and O–H groups in total. The van der Waals surface area contributed by atoms with Crippen LogP contribution in [0.25, 0.3) is 0 Å². The molecule has 0 saturated carbocycles. The van der Waals surface area contributed by atoms with E-state index in [1.807, 2.05) is 6.08 Å². The monoisotopic (exact) mass is 149 g/mol. The zero-order chi connectivity index (χ0) is 8.10. The molecule has 1 aliphatic heterocycles. The Bertz CT molecular complexity index is 199. The van der Waals surface area contributed by atoms with Gasteiger partial charge in [0.2, 0.25) is 0 Å². The summed E-state index contributed by atoms with van der Waals surface area (Å²) in [5, 5.41) is 3.23. The van der Waals surface area contributed by atoms with Gasteiger partial charge in [-0.3, -0.25) is 0 Å². The second kappa shape index (κ2) is 4.02.